The third-order valence-corrected chi connectivity index (χ3v) is 3.01. The lowest BCUT2D eigenvalue weighted by atomic mass is 10.1. The number of rotatable bonds is 5. The molecule has 1 aromatic heterocycles. The summed E-state index contributed by atoms with van der Waals surface area (Å²) in [5.74, 6) is 1.08. The fourth-order valence-electron chi connectivity index (χ4n) is 1.91. The highest BCUT2D eigenvalue weighted by Crippen LogP contribution is 2.13. The number of furan rings is 1. The van der Waals surface area contributed by atoms with Gasteiger partial charge in [-0.15, -0.1) is 0 Å². The molecule has 4 heteroatoms. The summed E-state index contributed by atoms with van der Waals surface area (Å²) < 4.78 is 5.23. The van der Waals surface area contributed by atoms with Gasteiger partial charge in [0.15, 0.2) is 5.78 Å². The molecule has 100 valence electrons. The molecule has 19 heavy (non-hydrogen) atoms. The van der Waals surface area contributed by atoms with Gasteiger partial charge >= 0.3 is 0 Å². The molecule has 0 radical (unpaired) electrons. The van der Waals surface area contributed by atoms with Gasteiger partial charge in [-0.2, -0.15) is 0 Å². The zero-order chi connectivity index (χ0) is 13.8. The predicted octanol–water partition coefficient (Wildman–Crippen LogP) is 2.61. The maximum absolute atomic E-state index is 12.0. The van der Waals surface area contributed by atoms with Crippen molar-refractivity contribution in [3.63, 3.8) is 0 Å². The van der Waals surface area contributed by atoms with Crippen LogP contribution in [0.4, 0.5) is 0 Å². The number of ketones is 1. The van der Waals surface area contributed by atoms with Crippen LogP contribution in [0.15, 0.2) is 41.0 Å². The Morgan fingerprint density at radius 2 is 1.95 bits per heavy atom. The van der Waals surface area contributed by atoms with Gasteiger partial charge in [0.2, 0.25) is 0 Å². The van der Waals surface area contributed by atoms with Gasteiger partial charge in [-0.1, -0.05) is 0 Å². The lowest BCUT2D eigenvalue weighted by Gasteiger charge is -2.15. The number of phenolic OH excluding ortho intramolecular Hbond substituents is 1. The van der Waals surface area contributed by atoms with Crippen molar-refractivity contribution in [2.45, 2.75) is 13.5 Å². The minimum atomic E-state index is 0.0312. The van der Waals surface area contributed by atoms with E-state index in [1.165, 1.54) is 12.1 Å². The van der Waals surface area contributed by atoms with Crippen LogP contribution >= 0.6 is 0 Å². The average molecular weight is 259 g/mol. The lowest BCUT2D eigenvalue weighted by Crippen LogP contribution is -2.25. The highest BCUT2D eigenvalue weighted by molar-refractivity contribution is 5.97. The molecule has 0 amide bonds. The van der Waals surface area contributed by atoms with Gasteiger partial charge in [-0.3, -0.25) is 9.69 Å². The van der Waals surface area contributed by atoms with E-state index in [2.05, 4.69) is 0 Å². The molecule has 0 aliphatic heterocycles. The summed E-state index contributed by atoms with van der Waals surface area (Å²) in [7, 11) is 1.89. The summed E-state index contributed by atoms with van der Waals surface area (Å²) in [4.78, 5) is 14.0. The molecule has 0 aliphatic rings. The fourth-order valence-corrected chi connectivity index (χ4v) is 1.91. The number of nitrogens with zero attached hydrogens (tertiary/aromatic N) is 1. The zero-order valence-electron chi connectivity index (χ0n) is 11.1. The Hall–Kier alpha value is -2.07. The topological polar surface area (TPSA) is 53.7 Å². The van der Waals surface area contributed by atoms with Crippen molar-refractivity contribution in [2.24, 2.45) is 0 Å². The van der Waals surface area contributed by atoms with Crippen LogP contribution in [0, 0.1) is 6.92 Å². The second-order valence-electron chi connectivity index (χ2n) is 4.64. The molecule has 2 aromatic rings. The van der Waals surface area contributed by atoms with Crippen molar-refractivity contribution in [3.8, 4) is 5.75 Å². The highest BCUT2D eigenvalue weighted by Gasteiger charge is 2.11. The molecule has 0 spiro atoms. The first-order chi connectivity index (χ1) is 9.06. The first-order valence-electron chi connectivity index (χ1n) is 6.10. The number of hydrogen-bond acceptors (Lipinski definition) is 4. The predicted molar refractivity (Wildman–Crippen MR) is 72.2 cm³/mol. The Kier molecular flexibility index (Phi) is 4.02. The third kappa shape index (κ3) is 3.45. The standard InChI is InChI=1S/C15H17NO3/c1-11-13(7-8-19-11)9-16(2)10-15(18)12-3-5-14(17)6-4-12/h3-8,17H,9-10H2,1-2H3. The smallest absolute Gasteiger partial charge is 0.176 e. The van der Waals surface area contributed by atoms with E-state index in [1.807, 2.05) is 24.9 Å². The largest absolute Gasteiger partial charge is 0.508 e. The summed E-state index contributed by atoms with van der Waals surface area (Å²) in [6.45, 7) is 2.91. The van der Waals surface area contributed by atoms with Gasteiger partial charge < -0.3 is 9.52 Å². The normalized spacial score (nSPS) is 10.9. The number of aromatic hydroxyl groups is 1. The van der Waals surface area contributed by atoms with Crippen LogP contribution in [-0.2, 0) is 6.54 Å². The summed E-state index contributed by atoms with van der Waals surface area (Å²) in [6, 6.07) is 8.22. The number of carbonyl (C=O) groups excluding carboxylic acids is 1. The maximum Gasteiger partial charge on any atom is 0.176 e. The van der Waals surface area contributed by atoms with Crippen molar-refractivity contribution in [2.75, 3.05) is 13.6 Å². The van der Waals surface area contributed by atoms with Crippen LogP contribution < -0.4 is 0 Å². The van der Waals surface area contributed by atoms with Gasteiger partial charge in [0.1, 0.15) is 11.5 Å². The number of carbonyl (C=O) groups is 1. The molecular weight excluding hydrogens is 242 g/mol. The van der Waals surface area contributed by atoms with Gasteiger partial charge in [-0.05, 0) is 44.3 Å². The van der Waals surface area contributed by atoms with Crippen LogP contribution in [0.2, 0.25) is 0 Å². The van der Waals surface area contributed by atoms with E-state index in [4.69, 9.17) is 4.42 Å². The number of likely N-dealkylation sites (N-methyl/N-ethyl adjacent to an activating group) is 1. The maximum atomic E-state index is 12.0. The molecule has 0 saturated heterocycles. The number of phenols is 1. The van der Waals surface area contributed by atoms with E-state index in [1.54, 1.807) is 18.4 Å². The molecule has 1 aromatic carbocycles. The fraction of sp³-hybridized carbons (Fsp3) is 0.267. The van der Waals surface area contributed by atoms with Crippen LogP contribution in [0.25, 0.3) is 0 Å². The Morgan fingerprint density at radius 1 is 1.26 bits per heavy atom. The molecular formula is C15H17NO3. The highest BCUT2D eigenvalue weighted by atomic mass is 16.3. The van der Waals surface area contributed by atoms with Crippen molar-refractivity contribution in [1.82, 2.24) is 4.90 Å². The minimum absolute atomic E-state index is 0.0312. The van der Waals surface area contributed by atoms with Crippen molar-refractivity contribution in [1.29, 1.82) is 0 Å². The van der Waals surface area contributed by atoms with Gasteiger partial charge in [-0.25, -0.2) is 0 Å². The number of Topliss-reactive ketones (excluding diaryl/α,β-unsaturated/α-hetero) is 1. The molecule has 0 atom stereocenters. The second-order valence-corrected chi connectivity index (χ2v) is 4.64. The van der Waals surface area contributed by atoms with Gasteiger partial charge in [0.05, 0.1) is 12.8 Å². The minimum Gasteiger partial charge on any atom is -0.508 e. The van der Waals surface area contributed by atoms with E-state index < -0.39 is 0 Å². The SMILES string of the molecule is Cc1occc1CN(C)CC(=O)c1ccc(O)cc1. The summed E-state index contributed by atoms with van der Waals surface area (Å²) >= 11 is 0. The molecule has 2 rings (SSSR count). The van der Waals surface area contributed by atoms with Crippen molar-refractivity contribution >= 4 is 5.78 Å². The van der Waals surface area contributed by atoms with Crippen LogP contribution in [0.1, 0.15) is 21.7 Å². The number of aryl methyl sites for hydroxylation is 1. The van der Waals surface area contributed by atoms with Crippen molar-refractivity contribution in [3.05, 3.63) is 53.5 Å². The molecule has 0 bridgehead atoms. The number of benzene rings is 1. The van der Waals surface area contributed by atoms with E-state index in [9.17, 15) is 9.90 Å². The Morgan fingerprint density at radius 3 is 2.53 bits per heavy atom. The van der Waals surface area contributed by atoms with E-state index in [0.29, 0.717) is 18.7 Å². The zero-order valence-corrected chi connectivity index (χ0v) is 11.1. The summed E-state index contributed by atoms with van der Waals surface area (Å²) in [5, 5.41) is 9.19. The molecule has 1 N–H and O–H groups in total. The van der Waals surface area contributed by atoms with Gasteiger partial charge in [0.25, 0.3) is 0 Å². The van der Waals surface area contributed by atoms with Crippen molar-refractivity contribution < 1.29 is 14.3 Å². The average Bonchev–Trinajstić information content (AvgIpc) is 2.75. The monoisotopic (exact) mass is 259 g/mol. The Bertz CT molecular complexity index is 557. The Balaban J connectivity index is 1.95. The number of hydrogen-bond donors (Lipinski definition) is 1. The van der Waals surface area contributed by atoms with Crippen LogP contribution in [-0.4, -0.2) is 29.4 Å². The third-order valence-electron chi connectivity index (χ3n) is 3.01. The first-order valence-corrected chi connectivity index (χ1v) is 6.10. The van der Waals surface area contributed by atoms with E-state index in [0.717, 1.165) is 11.3 Å². The Labute approximate surface area is 112 Å². The molecule has 0 aliphatic carbocycles. The molecule has 4 nitrogen and oxygen atoms in total. The molecule has 0 fully saturated rings. The van der Waals surface area contributed by atoms with E-state index >= 15 is 0 Å². The molecule has 0 saturated carbocycles. The summed E-state index contributed by atoms with van der Waals surface area (Å²) in [5.41, 5.74) is 1.69. The molecule has 0 unspecified atom stereocenters. The van der Waals surface area contributed by atoms with Crippen LogP contribution in [0.3, 0.4) is 0 Å². The van der Waals surface area contributed by atoms with Crippen LogP contribution in [0.5, 0.6) is 5.75 Å². The second kappa shape index (κ2) is 5.71. The van der Waals surface area contributed by atoms with E-state index in [-0.39, 0.29) is 11.5 Å². The quantitative estimate of drug-likeness (QED) is 0.839. The molecule has 1 heterocycles. The van der Waals surface area contributed by atoms with Gasteiger partial charge in [0, 0.05) is 17.7 Å². The lowest BCUT2D eigenvalue weighted by molar-refractivity contribution is 0.0942. The first kappa shape index (κ1) is 13.4. The summed E-state index contributed by atoms with van der Waals surface area (Å²) in [6.07, 6.45) is 1.65.